The van der Waals surface area contributed by atoms with Crippen LogP contribution in [0.25, 0.3) is 0 Å². The molecule has 0 aliphatic carbocycles. The van der Waals surface area contributed by atoms with E-state index in [2.05, 4.69) is 20.6 Å². The minimum Gasteiger partial charge on any atom is -0.449 e. The fraction of sp³-hybridized carbons (Fsp3) is 0.357. The number of anilines is 3. The zero-order valence-corrected chi connectivity index (χ0v) is 22.0. The fourth-order valence-electron chi connectivity index (χ4n) is 4.26. The highest BCUT2D eigenvalue weighted by atomic mass is 16.5. The number of benzene rings is 2. The number of hydrogen-bond acceptors (Lipinski definition) is 8. The Balaban J connectivity index is 1.49. The third-order valence-electron chi connectivity index (χ3n) is 6.26. The summed E-state index contributed by atoms with van der Waals surface area (Å²) in [6, 6.07) is 17.6. The lowest BCUT2D eigenvalue weighted by Crippen LogP contribution is -2.33. The van der Waals surface area contributed by atoms with Crippen molar-refractivity contribution < 1.29 is 19.1 Å². The third kappa shape index (κ3) is 6.57. The summed E-state index contributed by atoms with van der Waals surface area (Å²) in [6.07, 6.45) is 1.38. The van der Waals surface area contributed by atoms with Gasteiger partial charge in [-0.15, -0.1) is 0 Å². The molecular weight excluding hydrogens is 484 g/mol. The topological polar surface area (TPSA) is 109 Å². The molecule has 38 heavy (non-hydrogen) atoms. The molecule has 2 N–H and O–H groups in total. The van der Waals surface area contributed by atoms with Crippen molar-refractivity contribution in [1.29, 1.82) is 0 Å². The van der Waals surface area contributed by atoms with Crippen molar-refractivity contribution in [1.82, 2.24) is 15.3 Å². The standard InChI is InChI=1S/C28H34N6O4/c1-4-30-27-31-18-23-25(32-27)33(3)14-15-34(26(23)35)22-12-8-9-20(17-22)19-38-24(13-16-37-28(36)29-2)21-10-6-5-7-11-21/h5-12,17-18,24H,4,13-16,19H2,1-3H3,(H,29,36)(H,30,31,32). The first kappa shape index (κ1) is 26.9. The van der Waals surface area contributed by atoms with E-state index >= 15 is 0 Å². The maximum Gasteiger partial charge on any atom is 0.406 e. The van der Waals surface area contributed by atoms with Crippen LogP contribution < -0.4 is 20.4 Å². The highest BCUT2D eigenvalue weighted by Gasteiger charge is 2.28. The minimum absolute atomic E-state index is 0.140. The first-order valence-corrected chi connectivity index (χ1v) is 12.7. The number of nitrogens with zero attached hydrogens (tertiary/aromatic N) is 4. The quantitative estimate of drug-likeness (QED) is 0.415. The van der Waals surface area contributed by atoms with Gasteiger partial charge in [0.05, 0.1) is 19.3 Å². The summed E-state index contributed by atoms with van der Waals surface area (Å²) in [5, 5.41) is 5.56. The van der Waals surface area contributed by atoms with Crippen LogP contribution in [0.3, 0.4) is 0 Å². The van der Waals surface area contributed by atoms with Crippen molar-refractivity contribution in [2.24, 2.45) is 0 Å². The van der Waals surface area contributed by atoms with E-state index < -0.39 is 6.09 Å². The van der Waals surface area contributed by atoms with Crippen LogP contribution >= 0.6 is 0 Å². The molecule has 1 atom stereocenters. The van der Waals surface area contributed by atoms with Gasteiger partial charge in [-0.25, -0.2) is 9.78 Å². The first-order valence-electron chi connectivity index (χ1n) is 12.7. The number of ether oxygens (including phenoxy) is 2. The van der Waals surface area contributed by atoms with E-state index in [9.17, 15) is 9.59 Å². The molecule has 1 aromatic heterocycles. The molecule has 0 spiro atoms. The molecule has 2 aromatic carbocycles. The number of carbonyl (C=O) groups excluding carboxylic acids is 2. The van der Waals surface area contributed by atoms with Crippen LogP contribution in [-0.4, -0.2) is 62.3 Å². The van der Waals surface area contributed by atoms with Crippen LogP contribution in [0.1, 0.15) is 40.9 Å². The van der Waals surface area contributed by atoms with Crippen molar-refractivity contribution in [2.45, 2.75) is 26.1 Å². The maximum absolute atomic E-state index is 13.5. The smallest absolute Gasteiger partial charge is 0.406 e. The van der Waals surface area contributed by atoms with Crippen molar-refractivity contribution in [3.8, 4) is 0 Å². The SMILES string of the molecule is CCNc1ncc2c(n1)N(C)CCN(c1cccc(COC(CCOC(=O)NC)c3ccccc3)c1)C2=O. The number of carbonyl (C=O) groups is 2. The monoisotopic (exact) mass is 518 g/mol. The van der Waals surface area contributed by atoms with E-state index in [1.165, 1.54) is 7.05 Å². The first-order chi connectivity index (χ1) is 18.5. The van der Waals surface area contributed by atoms with E-state index in [1.807, 2.05) is 73.5 Å². The number of amides is 2. The third-order valence-corrected chi connectivity index (χ3v) is 6.26. The molecule has 10 heteroatoms. The average Bonchev–Trinajstić information content (AvgIpc) is 3.07. The van der Waals surface area contributed by atoms with E-state index in [0.29, 0.717) is 50.0 Å². The number of likely N-dealkylation sites (N-methyl/N-ethyl adjacent to an activating group) is 1. The Morgan fingerprint density at radius 2 is 1.95 bits per heavy atom. The number of alkyl carbamates (subject to hydrolysis) is 1. The molecule has 4 rings (SSSR count). The summed E-state index contributed by atoms with van der Waals surface area (Å²) in [7, 11) is 3.46. The Bertz CT molecular complexity index is 1240. The average molecular weight is 519 g/mol. The van der Waals surface area contributed by atoms with Crippen LogP contribution in [0.4, 0.5) is 22.2 Å². The lowest BCUT2D eigenvalue weighted by Gasteiger charge is -2.22. The van der Waals surface area contributed by atoms with Crippen molar-refractivity contribution in [3.05, 3.63) is 77.5 Å². The molecule has 0 radical (unpaired) electrons. The Labute approximate surface area is 223 Å². The van der Waals surface area contributed by atoms with E-state index in [1.54, 1.807) is 11.1 Å². The zero-order chi connectivity index (χ0) is 26.9. The second-order valence-electron chi connectivity index (χ2n) is 8.89. The predicted molar refractivity (Wildman–Crippen MR) is 147 cm³/mol. The maximum atomic E-state index is 13.5. The van der Waals surface area contributed by atoms with Gasteiger partial charge in [0.25, 0.3) is 5.91 Å². The second-order valence-corrected chi connectivity index (χ2v) is 8.89. The summed E-state index contributed by atoms with van der Waals surface area (Å²) in [5.41, 5.74) is 3.18. The van der Waals surface area contributed by atoms with Gasteiger partial charge in [-0.05, 0) is 30.2 Å². The molecule has 3 aromatic rings. The van der Waals surface area contributed by atoms with Gasteiger partial charge in [-0.3, -0.25) is 4.79 Å². The predicted octanol–water partition coefficient (Wildman–Crippen LogP) is 4.01. The zero-order valence-electron chi connectivity index (χ0n) is 22.0. The van der Waals surface area contributed by atoms with Gasteiger partial charge in [0.2, 0.25) is 5.95 Å². The van der Waals surface area contributed by atoms with E-state index in [4.69, 9.17) is 9.47 Å². The van der Waals surface area contributed by atoms with Gasteiger partial charge in [0.15, 0.2) is 0 Å². The van der Waals surface area contributed by atoms with Crippen molar-refractivity contribution >= 4 is 29.5 Å². The Hall–Kier alpha value is -4.18. The molecule has 2 heterocycles. The molecule has 0 fully saturated rings. The van der Waals surface area contributed by atoms with Gasteiger partial charge in [-0.2, -0.15) is 4.98 Å². The summed E-state index contributed by atoms with van der Waals surface area (Å²) in [6.45, 7) is 4.37. The van der Waals surface area contributed by atoms with Gasteiger partial charge in [-0.1, -0.05) is 42.5 Å². The molecule has 200 valence electrons. The number of aromatic nitrogens is 2. The van der Waals surface area contributed by atoms with Gasteiger partial charge < -0.3 is 29.9 Å². The van der Waals surface area contributed by atoms with Crippen molar-refractivity contribution in [2.75, 3.05) is 55.5 Å². The highest BCUT2D eigenvalue weighted by Crippen LogP contribution is 2.28. The molecule has 10 nitrogen and oxygen atoms in total. The van der Waals surface area contributed by atoms with Gasteiger partial charge in [0, 0.05) is 52.0 Å². The summed E-state index contributed by atoms with van der Waals surface area (Å²) in [5.74, 6) is 0.985. The van der Waals surface area contributed by atoms with Crippen LogP contribution in [0.2, 0.25) is 0 Å². The largest absolute Gasteiger partial charge is 0.449 e. The molecule has 0 saturated carbocycles. The molecular formula is C28H34N6O4. The Morgan fingerprint density at radius 1 is 1.13 bits per heavy atom. The Kier molecular flexibility index (Phi) is 9.10. The van der Waals surface area contributed by atoms with E-state index in [0.717, 1.165) is 16.8 Å². The number of hydrogen-bond donors (Lipinski definition) is 2. The van der Waals surface area contributed by atoms with Crippen LogP contribution in [0, 0.1) is 0 Å². The number of nitrogens with one attached hydrogen (secondary N) is 2. The van der Waals surface area contributed by atoms with Crippen LogP contribution in [0.5, 0.6) is 0 Å². The molecule has 2 amide bonds. The molecule has 1 unspecified atom stereocenters. The fourth-order valence-corrected chi connectivity index (χ4v) is 4.26. The minimum atomic E-state index is -0.470. The van der Waals surface area contributed by atoms with Crippen LogP contribution in [0.15, 0.2) is 60.8 Å². The van der Waals surface area contributed by atoms with E-state index in [-0.39, 0.29) is 18.6 Å². The van der Waals surface area contributed by atoms with Crippen LogP contribution in [-0.2, 0) is 16.1 Å². The van der Waals surface area contributed by atoms with Gasteiger partial charge >= 0.3 is 6.09 Å². The lowest BCUT2D eigenvalue weighted by atomic mass is 10.1. The van der Waals surface area contributed by atoms with Gasteiger partial charge in [0.1, 0.15) is 11.4 Å². The Morgan fingerprint density at radius 3 is 2.71 bits per heavy atom. The molecule has 1 aliphatic rings. The molecule has 0 bridgehead atoms. The normalized spacial score (nSPS) is 13.9. The number of fused-ring (bicyclic) bond motifs is 1. The second kappa shape index (κ2) is 12.9. The summed E-state index contributed by atoms with van der Waals surface area (Å²) >= 11 is 0. The summed E-state index contributed by atoms with van der Waals surface area (Å²) in [4.78, 5) is 37.6. The molecule has 1 aliphatic heterocycles. The number of rotatable bonds is 10. The van der Waals surface area contributed by atoms with Crippen molar-refractivity contribution in [3.63, 3.8) is 0 Å². The molecule has 0 saturated heterocycles. The summed E-state index contributed by atoms with van der Waals surface area (Å²) < 4.78 is 11.5. The lowest BCUT2D eigenvalue weighted by molar-refractivity contribution is 0.0199. The highest BCUT2D eigenvalue weighted by molar-refractivity contribution is 6.09.